The Hall–Kier alpha value is -2.14. The van der Waals surface area contributed by atoms with Gasteiger partial charge in [-0.25, -0.2) is 9.37 Å². The number of thioether (sulfide) groups is 1. The topological polar surface area (TPSA) is 34.9 Å². The number of nitrogens with zero attached hydrogens (tertiary/aromatic N) is 2. The first kappa shape index (κ1) is 15.7. The van der Waals surface area contributed by atoms with Crippen LogP contribution in [0.15, 0.2) is 58.5 Å². The van der Waals surface area contributed by atoms with E-state index >= 15 is 0 Å². The van der Waals surface area contributed by atoms with Crippen LogP contribution >= 0.6 is 11.8 Å². The molecular formula is C18H17FN2OS. The van der Waals surface area contributed by atoms with Gasteiger partial charge in [-0.3, -0.25) is 9.36 Å². The fourth-order valence-electron chi connectivity index (χ4n) is 2.44. The van der Waals surface area contributed by atoms with Gasteiger partial charge in [-0.15, -0.1) is 0 Å². The lowest BCUT2D eigenvalue weighted by Gasteiger charge is -2.12. The van der Waals surface area contributed by atoms with E-state index in [4.69, 9.17) is 0 Å². The van der Waals surface area contributed by atoms with Crippen molar-refractivity contribution >= 4 is 22.7 Å². The van der Waals surface area contributed by atoms with Gasteiger partial charge in [0.15, 0.2) is 5.16 Å². The number of aromatic nitrogens is 2. The zero-order chi connectivity index (χ0) is 16.2. The summed E-state index contributed by atoms with van der Waals surface area (Å²) < 4.78 is 15.5. The van der Waals surface area contributed by atoms with Crippen molar-refractivity contribution in [2.45, 2.75) is 30.8 Å². The van der Waals surface area contributed by atoms with Crippen LogP contribution in [0.4, 0.5) is 4.39 Å². The fraction of sp³-hybridized carbons (Fsp3) is 0.222. The predicted molar refractivity (Wildman–Crippen MR) is 92.3 cm³/mol. The van der Waals surface area contributed by atoms with Gasteiger partial charge in [-0.05, 0) is 30.2 Å². The molecule has 0 N–H and O–H groups in total. The average Bonchev–Trinajstić information content (AvgIpc) is 2.57. The third kappa shape index (κ3) is 3.29. The van der Waals surface area contributed by atoms with Crippen molar-refractivity contribution in [3.8, 4) is 0 Å². The van der Waals surface area contributed by atoms with E-state index < -0.39 is 0 Å². The van der Waals surface area contributed by atoms with Crippen LogP contribution in [0.25, 0.3) is 10.9 Å². The molecule has 3 nitrogen and oxygen atoms in total. The van der Waals surface area contributed by atoms with Crippen LogP contribution < -0.4 is 5.56 Å². The van der Waals surface area contributed by atoms with E-state index in [1.54, 1.807) is 22.8 Å². The largest absolute Gasteiger partial charge is 0.287 e. The molecule has 3 rings (SSSR count). The molecule has 0 saturated carbocycles. The van der Waals surface area contributed by atoms with Crippen molar-refractivity contribution in [2.75, 3.05) is 0 Å². The molecule has 23 heavy (non-hydrogen) atoms. The summed E-state index contributed by atoms with van der Waals surface area (Å²) in [7, 11) is 0. The maximum Gasteiger partial charge on any atom is 0.262 e. The normalized spacial score (nSPS) is 11.0. The summed E-state index contributed by atoms with van der Waals surface area (Å²) in [6.07, 6.45) is 0.840. The second kappa shape index (κ2) is 6.96. The molecule has 0 bridgehead atoms. The molecule has 118 valence electrons. The number of fused-ring (bicyclic) bond motifs is 1. The molecule has 0 saturated heterocycles. The van der Waals surface area contributed by atoms with Crippen molar-refractivity contribution in [3.63, 3.8) is 0 Å². The Morgan fingerprint density at radius 1 is 1.13 bits per heavy atom. The SMILES string of the molecule is CCCn1c(SCc2ccccc2F)nc2ccccc2c1=O. The lowest BCUT2D eigenvalue weighted by atomic mass is 10.2. The highest BCUT2D eigenvalue weighted by molar-refractivity contribution is 7.98. The van der Waals surface area contributed by atoms with Crippen LogP contribution in [0.3, 0.4) is 0 Å². The average molecular weight is 328 g/mol. The van der Waals surface area contributed by atoms with Crippen molar-refractivity contribution in [1.82, 2.24) is 9.55 Å². The Labute approximate surface area is 138 Å². The lowest BCUT2D eigenvalue weighted by Crippen LogP contribution is -2.23. The number of hydrogen-bond donors (Lipinski definition) is 0. The molecule has 2 aromatic carbocycles. The molecule has 0 aliphatic rings. The molecule has 1 heterocycles. The van der Waals surface area contributed by atoms with Crippen LogP contribution in [0.1, 0.15) is 18.9 Å². The van der Waals surface area contributed by atoms with E-state index in [1.165, 1.54) is 17.8 Å². The van der Waals surface area contributed by atoms with Crippen LogP contribution in [-0.2, 0) is 12.3 Å². The van der Waals surface area contributed by atoms with Crippen LogP contribution in [-0.4, -0.2) is 9.55 Å². The molecule has 3 aromatic rings. The van der Waals surface area contributed by atoms with Crippen molar-refractivity contribution in [3.05, 3.63) is 70.3 Å². The summed E-state index contributed by atoms with van der Waals surface area (Å²) in [6, 6.07) is 14.0. The third-order valence-electron chi connectivity index (χ3n) is 3.59. The first-order valence-corrected chi connectivity index (χ1v) is 8.55. The molecule has 0 fully saturated rings. The molecule has 0 spiro atoms. The maximum absolute atomic E-state index is 13.8. The van der Waals surface area contributed by atoms with Crippen molar-refractivity contribution in [1.29, 1.82) is 0 Å². The van der Waals surface area contributed by atoms with E-state index in [9.17, 15) is 9.18 Å². The van der Waals surface area contributed by atoms with Gasteiger partial charge < -0.3 is 0 Å². The Balaban J connectivity index is 2.00. The molecule has 0 aliphatic carbocycles. The molecule has 0 radical (unpaired) electrons. The summed E-state index contributed by atoms with van der Waals surface area (Å²) in [6.45, 7) is 2.63. The van der Waals surface area contributed by atoms with Gasteiger partial charge in [0, 0.05) is 12.3 Å². The van der Waals surface area contributed by atoms with Gasteiger partial charge in [0.2, 0.25) is 0 Å². The van der Waals surface area contributed by atoms with Crippen LogP contribution in [0.2, 0.25) is 0 Å². The van der Waals surface area contributed by atoms with Crippen molar-refractivity contribution < 1.29 is 4.39 Å². The Morgan fingerprint density at radius 2 is 1.87 bits per heavy atom. The number of hydrogen-bond acceptors (Lipinski definition) is 3. The Kier molecular flexibility index (Phi) is 4.76. The molecule has 0 atom stereocenters. The monoisotopic (exact) mass is 328 g/mol. The number of benzene rings is 2. The maximum atomic E-state index is 13.8. The van der Waals surface area contributed by atoms with Gasteiger partial charge in [0.05, 0.1) is 10.9 Å². The summed E-state index contributed by atoms with van der Waals surface area (Å²) in [5, 5.41) is 1.26. The van der Waals surface area contributed by atoms with Gasteiger partial charge in [-0.1, -0.05) is 49.0 Å². The minimum Gasteiger partial charge on any atom is -0.287 e. The molecule has 1 aromatic heterocycles. The standard InChI is InChI=1S/C18H17FN2OS/c1-2-11-21-17(22)14-8-4-6-10-16(14)20-18(21)23-12-13-7-3-5-9-15(13)19/h3-10H,2,11-12H2,1H3. The molecule has 0 aliphatic heterocycles. The van der Waals surface area contributed by atoms with E-state index in [2.05, 4.69) is 4.98 Å². The van der Waals surface area contributed by atoms with Gasteiger partial charge in [0.25, 0.3) is 5.56 Å². The zero-order valence-corrected chi connectivity index (χ0v) is 13.6. The zero-order valence-electron chi connectivity index (χ0n) is 12.8. The van der Waals surface area contributed by atoms with Crippen molar-refractivity contribution in [2.24, 2.45) is 0 Å². The quantitative estimate of drug-likeness (QED) is 0.519. The van der Waals surface area contributed by atoms with Gasteiger partial charge >= 0.3 is 0 Å². The van der Waals surface area contributed by atoms with Gasteiger partial charge in [0.1, 0.15) is 5.82 Å². The number of para-hydroxylation sites is 1. The number of halogens is 1. The molecule has 0 amide bonds. The molecular weight excluding hydrogens is 311 g/mol. The first-order chi connectivity index (χ1) is 11.2. The van der Waals surface area contributed by atoms with Crippen LogP contribution in [0, 0.1) is 5.82 Å². The number of rotatable bonds is 5. The van der Waals surface area contributed by atoms with Crippen LogP contribution in [0.5, 0.6) is 0 Å². The highest BCUT2D eigenvalue weighted by atomic mass is 32.2. The Bertz CT molecular complexity index is 892. The van der Waals surface area contributed by atoms with E-state index in [0.717, 1.165) is 6.42 Å². The van der Waals surface area contributed by atoms with E-state index in [1.807, 2.05) is 31.2 Å². The smallest absolute Gasteiger partial charge is 0.262 e. The predicted octanol–water partition coefficient (Wildman–Crippen LogP) is 4.24. The second-order valence-electron chi connectivity index (χ2n) is 5.25. The minimum absolute atomic E-state index is 0.0338. The summed E-state index contributed by atoms with van der Waals surface area (Å²) in [4.78, 5) is 17.3. The highest BCUT2D eigenvalue weighted by Crippen LogP contribution is 2.23. The summed E-state index contributed by atoms with van der Waals surface area (Å²) in [5.41, 5.74) is 1.26. The van der Waals surface area contributed by atoms with E-state index in [-0.39, 0.29) is 11.4 Å². The third-order valence-corrected chi connectivity index (χ3v) is 4.61. The molecule has 0 unspecified atom stereocenters. The molecule has 5 heteroatoms. The van der Waals surface area contributed by atoms with Gasteiger partial charge in [-0.2, -0.15) is 0 Å². The second-order valence-corrected chi connectivity index (χ2v) is 6.19. The summed E-state index contributed by atoms with van der Waals surface area (Å²) in [5.74, 6) is 0.214. The first-order valence-electron chi connectivity index (χ1n) is 7.56. The summed E-state index contributed by atoms with van der Waals surface area (Å²) >= 11 is 1.40. The Morgan fingerprint density at radius 3 is 2.65 bits per heavy atom. The van der Waals surface area contributed by atoms with E-state index in [0.29, 0.717) is 33.9 Å². The fourth-order valence-corrected chi connectivity index (χ4v) is 3.45. The highest BCUT2D eigenvalue weighted by Gasteiger charge is 2.11. The lowest BCUT2D eigenvalue weighted by molar-refractivity contribution is 0.584. The minimum atomic E-state index is -0.231.